The monoisotopic (exact) mass is 1090 g/mol. The first-order chi connectivity index (χ1) is 35.0. The quantitative estimate of drug-likeness (QED) is 0.234. The molecule has 76 heavy (non-hydrogen) atoms. The van der Waals surface area contributed by atoms with Crippen LogP contribution in [-0.2, 0) is 18.9 Å². The first-order valence-corrected chi connectivity index (χ1v) is 32.8. The molecule has 0 amide bonds. The van der Waals surface area contributed by atoms with Gasteiger partial charge in [-0.2, -0.15) is 11.8 Å². The van der Waals surface area contributed by atoms with Crippen LogP contribution in [0.1, 0.15) is 228 Å². The van der Waals surface area contributed by atoms with Crippen LogP contribution in [0.3, 0.4) is 0 Å². The molecule has 2 aliphatic carbocycles. The molecule has 10 aliphatic heterocycles. The Kier molecular flexibility index (Phi) is 21.8. The Morgan fingerprint density at radius 1 is 0.289 bits per heavy atom. The zero-order chi connectivity index (χ0) is 56.2. The Labute approximate surface area is 476 Å². The van der Waals surface area contributed by atoms with Crippen LogP contribution in [0.25, 0.3) is 0 Å². The van der Waals surface area contributed by atoms with Crippen LogP contribution < -0.4 is 0 Å². The maximum absolute atomic E-state index is 5.54. The molecule has 12 aliphatic rings. The Morgan fingerprint density at radius 2 is 0.618 bits per heavy atom. The third-order valence-corrected chi connectivity index (χ3v) is 21.4. The lowest BCUT2D eigenvalue weighted by Gasteiger charge is -2.59. The smallest absolute Gasteiger partial charge is 0.0569 e. The predicted octanol–water partition coefficient (Wildman–Crippen LogP) is 14.2. The highest BCUT2D eigenvalue weighted by atomic mass is 32.2. The molecular formula is C66H127N5O4S. The fourth-order valence-electron chi connectivity index (χ4n) is 13.6. The summed E-state index contributed by atoms with van der Waals surface area (Å²) >= 11 is 2.16. The molecule has 446 valence electrons. The molecule has 10 heteroatoms. The summed E-state index contributed by atoms with van der Waals surface area (Å²) in [6.07, 6.45) is 21.5. The fraction of sp³-hybridized carbons (Fsp3) is 1.00. The highest BCUT2D eigenvalue weighted by molar-refractivity contribution is 7.99. The topological polar surface area (TPSA) is 53.1 Å². The molecule has 0 aromatic heterocycles. The molecule has 12 fully saturated rings. The van der Waals surface area contributed by atoms with Crippen molar-refractivity contribution in [3.8, 4) is 0 Å². The number of piperidine rings is 2. The Hall–Kier alpha value is -0.0100. The Bertz CT molecular complexity index is 1650. The van der Waals surface area contributed by atoms with E-state index in [2.05, 4.69) is 168 Å². The van der Waals surface area contributed by atoms with Crippen molar-refractivity contribution in [1.82, 2.24) is 24.5 Å². The van der Waals surface area contributed by atoms with Crippen molar-refractivity contribution in [2.75, 3.05) is 130 Å². The molecule has 0 aromatic rings. The van der Waals surface area contributed by atoms with Gasteiger partial charge in [-0.15, -0.1) is 0 Å². The van der Waals surface area contributed by atoms with Gasteiger partial charge < -0.3 is 18.9 Å². The molecular weight excluding hydrogens is 959 g/mol. The van der Waals surface area contributed by atoms with E-state index in [9.17, 15) is 0 Å². The van der Waals surface area contributed by atoms with Gasteiger partial charge in [-0.25, -0.2) is 0 Å². The van der Waals surface area contributed by atoms with E-state index in [0.717, 1.165) is 58.3 Å². The summed E-state index contributed by atoms with van der Waals surface area (Å²) in [6.45, 7) is 64.1. The number of thioether (sulfide) groups is 1. The van der Waals surface area contributed by atoms with E-state index in [-0.39, 0.29) is 0 Å². The van der Waals surface area contributed by atoms with E-state index in [0.29, 0.717) is 60.2 Å². The van der Waals surface area contributed by atoms with Crippen LogP contribution in [-0.4, -0.2) is 182 Å². The van der Waals surface area contributed by atoms with Gasteiger partial charge in [0.1, 0.15) is 0 Å². The van der Waals surface area contributed by atoms with Gasteiger partial charge >= 0.3 is 0 Å². The number of rotatable bonds is 0. The zero-order valence-corrected chi connectivity index (χ0v) is 54.8. The summed E-state index contributed by atoms with van der Waals surface area (Å²) in [5, 5.41) is 0. The molecule has 2 saturated carbocycles. The van der Waals surface area contributed by atoms with Crippen molar-refractivity contribution in [1.29, 1.82) is 0 Å². The lowest BCUT2D eigenvalue weighted by molar-refractivity contribution is -0.207. The summed E-state index contributed by atoms with van der Waals surface area (Å²) in [7, 11) is 0. The molecule has 0 bridgehead atoms. The average Bonchev–Trinajstić information content (AvgIpc) is 4.02. The summed E-state index contributed by atoms with van der Waals surface area (Å²) in [4.78, 5) is 13.0. The standard InChI is InChI=1S/C12H23NO.2C11H21NO.C11H21NS.C9H17NO.C7H12.C5H12/c1-11(2,3)13-7-4-12(5-8-13)6-9-14-10-12;1-10(2,3)12-6-4-11(8-12)5-7-13-9-11;1-10(2,3)12-6-4-11(5-7-12)8-13-9-11;1-10(2,3)12-6-4-11(8-12)5-7-13-9-11;1-8(2,3)10-4-9(5-10)6-11-7-9;1-2-4-7(3-1)5-6-7;1-5(2,3)4/h4-10H2,1-3H3;3*4-9H2,1-3H3;4-7H2,1-3H3;1-6H2;1-4H3. The summed E-state index contributed by atoms with van der Waals surface area (Å²) < 4.78 is 21.6. The molecule has 10 heterocycles. The number of ether oxygens (including phenoxy) is 4. The van der Waals surface area contributed by atoms with Crippen molar-refractivity contribution in [3.05, 3.63) is 0 Å². The van der Waals surface area contributed by atoms with Gasteiger partial charge in [0, 0.05) is 89.1 Å². The summed E-state index contributed by atoms with van der Waals surface area (Å²) in [6, 6.07) is 0. The lowest BCUT2D eigenvalue weighted by atomic mass is 9.75. The molecule has 10 saturated heterocycles. The molecule has 12 rings (SSSR count). The first kappa shape index (κ1) is 65.1. The van der Waals surface area contributed by atoms with Gasteiger partial charge in [0.05, 0.1) is 39.6 Å². The van der Waals surface area contributed by atoms with Crippen molar-refractivity contribution in [3.63, 3.8) is 0 Å². The number of hydrogen-bond acceptors (Lipinski definition) is 10. The molecule has 0 radical (unpaired) electrons. The number of nitrogens with zero attached hydrogens (tertiary/aromatic N) is 5. The molecule has 2 unspecified atom stereocenters. The molecule has 9 nitrogen and oxygen atoms in total. The largest absolute Gasteiger partial charge is 0.381 e. The van der Waals surface area contributed by atoms with Crippen LogP contribution in [0.5, 0.6) is 0 Å². The molecule has 2 atom stereocenters. The summed E-state index contributed by atoms with van der Waals surface area (Å²) in [5.41, 5.74) is 6.18. The average molecular weight is 1090 g/mol. The second kappa shape index (κ2) is 25.5. The van der Waals surface area contributed by atoms with E-state index >= 15 is 0 Å². The number of hydrogen-bond donors (Lipinski definition) is 0. The highest BCUT2D eigenvalue weighted by Gasteiger charge is 2.52. The van der Waals surface area contributed by atoms with Crippen molar-refractivity contribution < 1.29 is 18.9 Å². The lowest BCUT2D eigenvalue weighted by Crippen LogP contribution is -2.69. The second-order valence-electron chi connectivity index (χ2n) is 34.1. The van der Waals surface area contributed by atoms with Crippen LogP contribution in [0, 0.1) is 37.9 Å². The van der Waals surface area contributed by atoms with Crippen molar-refractivity contribution in [2.45, 2.75) is 256 Å². The Morgan fingerprint density at radius 3 is 0.921 bits per heavy atom. The normalized spacial score (nSPS) is 30.8. The third kappa shape index (κ3) is 19.3. The zero-order valence-electron chi connectivity index (χ0n) is 54.0. The highest BCUT2D eigenvalue weighted by Crippen LogP contribution is 2.57. The molecule has 0 N–H and O–H groups in total. The maximum Gasteiger partial charge on any atom is 0.0569 e. The maximum atomic E-state index is 5.54. The van der Waals surface area contributed by atoms with Crippen LogP contribution in [0.15, 0.2) is 0 Å². The first-order valence-electron chi connectivity index (χ1n) is 31.7. The van der Waals surface area contributed by atoms with Crippen molar-refractivity contribution >= 4 is 11.8 Å². The van der Waals surface area contributed by atoms with Crippen molar-refractivity contribution in [2.24, 2.45) is 37.9 Å². The van der Waals surface area contributed by atoms with E-state index in [1.807, 2.05) is 0 Å². The fourth-order valence-corrected chi connectivity index (χ4v) is 15.1. The summed E-state index contributed by atoms with van der Waals surface area (Å²) in [5.74, 6) is 2.82. The SMILES string of the molecule is C1CCC2(C1)CC2.CC(C)(C)C.CC(C)(C)N1CC2(COC2)C1.CC(C)(C)N1CCC2(CC1)COC2.CC(C)(C)N1CCC2(CCOC2)C1.CC(C)(C)N1CCC2(CCOC2)CC1.CC(C)(C)N1CCC2(CCSC2)C1. The Balaban J connectivity index is 0.000000146. The minimum Gasteiger partial charge on any atom is -0.381 e. The van der Waals surface area contributed by atoms with Crippen LogP contribution >= 0.6 is 11.8 Å². The van der Waals surface area contributed by atoms with Gasteiger partial charge in [0.15, 0.2) is 0 Å². The van der Waals surface area contributed by atoms with E-state index in [1.54, 1.807) is 25.7 Å². The number of likely N-dealkylation sites (tertiary alicyclic amines) is 5. The van der Waals surface area contributed by atoms with E-state index in [4.69, 9.17) is 18.9 Å². The van der Waals surface area contributed by atoms with Gasteiger partial charge in [-0.3, -0.25) is 24.5 Å². The van der Waals surface area contributed by atoms with Gasteiger partial charge in [0.2, 0.25) is 0 Å². The third-order valence-electron chi connectivity index (χ3n) is 20.1. The molecule has 0 aromatic carbocycles. The van der Waals surface area contributed by atoms with E-state index < -0.39 is 0 Å². The minimum atomic E-state index is 0.339. The van der Waals surface area contributed by atoms with Gasteiger partial charge in [0.25, 0.3) is 0 Å². The van der Waals surface area contributed by atoms with E-state index in [1.165, 1.54) is 148 Å². The second-order valence-corrected chi connectivity index (χ2v) is 35.2. The molecule has 6 spiro atoms. The minimum absolute atomic E-state index is 0.339. The van der Waals surface area contributed by atoms with Gasteiger partial charge in [-0.05, 0) is 254 Å². The van der Waals surface area contributed by atoms with Crippen LogP contribution in [0.2, 0.25) is 0 Å². The van der Waals surface area contributed by atoms with Gasteiger partial charge in [-0.1, -0.05) is 40.5 Å². The predicted molar refractivity (Wildman–Crippen MR) is 326 cm³/mol. The van der Waals surface area contributed by atoms with Crippen LogP contribution in [0.4, 0.5) is 0 Å².